The molecule has 1 aromatic rings. The third-order valence-corrected chi connectivity index (χ3v) is 5.32. The molecule has 1 N–H and O–H groups in total. The van der Waals surface area contributed by atoms with E-state index in [2.05, 4.69) is 5.32 Å². The normalized spacial score (nSPS) is 20.8. The molecule has 0 bridgehead atoms. The highest BCUT2D eigenvalue weighted by Crippen LogP contribution is 2.20. The lowest BCUT2D eigenvalue weighted by atomic mass is 10.0. The third-order valence-electron chi connectivity index (χ3n) is 3.22. The molecule has 0 saturated carbocycles. The van der Waals surface area contributed by atoms with Crippen LogP contribution in [0.15, 0.2) is 24.3 Å². The van der Waals surface area contributed by atoms with Gasteiger partial charge >= 0.3 is 0 Å². The molecule has 1 atom stereocenters. The van der Waals surface area contributed by atoms with Crippen LogP contribution in [0.25, 0.3) is 0 Å². The predicted molar refractivity (Wildman–Crippen MR) is 74.5 cm³/mol. The molecule has 1 aliphatic rings. The Morgan fingerprint density at radius 3 is 2.78 bits per heavy atom. The summed E-state index contributed by atoms with van der Waals surface area (Å²) in [6, 6.07) is 7.13. The van der Waals surface area contributed by atoms with Crippen LogP contribution in [0.2, 0.25) is 5.02 Å². The van der Waals surface area contributed by atoms with Gasteiger partial charge in [-0.25, -0.2) is 8.42 Å². The number of hydrogen-bond acceptors (Lipinski definition) is 3. The van der Waals surface area contributed by atoms with Crippen LogP contribution in [0.5, 0.6) is 0 Å². The van der Waals surface area contributed by atoms with E-state index in [9.17, 15) is 8.42 Å². The molecule has 0 aromatic heterocycles. The van der Waals surface area contributed by atoms with Gasteiger partial charge in [-0.2, -0.15) is 0 Å². The number of hydrogen-bond donors (Lipinski definition) is 1. The topological polar surface area (TPSA) is 46.2 Å². The maximum Gasteiger partial charge on any atom is 0.154 e. The summed E-state index contributed by atoms with van der Waals surface area (Å²) >= 11 is 6.00. The highest BCUT2D eigenvalue weighted by molar-refractivity contribution is 7.90. The van der Waals surface area contributed by atoms with Gasteiger partial charge in [-0.15, -0.1) is 0 Å². The summed E-state index contributed by atoms with van der Waals surface area (Å²) < 4.78 is 24.3. The van der Waals surface area contributed by atoms with Gasteiger partial charge < -0.3 is 5.32 Å². The van der Waals surface area contributed by atoms with Crippen molar-refractivity contribution >= 4 is 21.4 Å². The molecule has 1 saturated heterocycles. The number of nitrogens with one attached hydrogen (secondary N) is 1. The summed E-state index contributed by atoms with van der Waals surface area (Å²) in [6.45, 7) is 1.81. The second-order valence-electron chi connectivity index (χ2n) is 4.86. The Labute approximate surface area is 113 Å². The van der Waals surface area contributed by atoms with Crippen molar-refractivity contribution in [3.8, 4) is 0 Å². The lowest BCUT2D eigenvalue weighted by Crippen LogP contribution is -2.34. The first-order valence-electron chi connectivity index (χ1n) is 6.21. The van der Waals surface area contributed by atoms with Crippen molar-refractivity contribution in [1.82, 2.24) is 5.32 Å². The highest BCUT2D eigenvalue weighted by atomic mass is 35.5. The van der Waals surface area contributed by atoms with Crippen molar-refractivity contribution in [3.63, 3.8) is 0 Å². The quantitative estimate of drug-likeness (QED) is 0.924. The molecule has 0 aliphatic carbocycles. The summed E-state index contributed by atoms with van der Waals surface area (Å²) in [7, 11) is -3.08. The average Bonchev–Trinajstić information content (AvgIpc) is 2.32. The van der Waals surface area contributed by atoms with Crippen LogP contribution in [-0.4, -0.2) is 27.3 Å². The zero-order valence-electron chi connectivity index (χ0n) is 10.2. The lowest BCUT2D eigenvalue weighted by molar-refractivity contribution is 0.404. The fourth-order valence-corrected chi connectivity index (χ4v) is 4.46. The fourth-order valence-electron chi connectivity index (χ4n) is 2.34. The minimum Gasteiger partial charge on any atom is -0.316 e. The molecule has 3 nitrogen and oxygen atoms in total. The fraction of sp³-hybridized carbons (Fsp3) is 0.538. The molecular weight excluding hydrogens is 270 g/mol. The molecule has 1 fully saturated rings. The zero-order chi connectivity index (χ0) is 13.0. The molecule has 18 heavy (non-hydrogen) atoms. The van der Waals surface area contributed by atoms with Crippen LogP contribution >= 0.6 is 11.6 Å². The van der Waals surface area contributed by atoms with Crippen LogP contribution in [-0.2, 0) is 15.6 Å². The van der Waals surface area contributed by atoms with Gasteiger partial charge in [-0.3, -0.25) is 0 Å². The molecule has 5 heteroatoms. The Morgan fingerprint density at radius 1 is 1.33 bits per heavy atom. The van der Waals surface area contributed by atoms with Crippen LogP contribution in [0, 0.1) is 5.92 Å². The minimum atomic E-state index is -3.08. The van der Waals surface area contributed by atoms with E-state index < -0.39 is 9.84 Å². The summed E-state index contributed by atoms with van der Waals surface area (Å²) in [5.41, 5.74) is 0.697. The first kappa shape index (κ1) is 13.8. The molecule has 0 spiro atoms. The first-order valence-corrected chi connectivity index (χ1v) is 8.41. The van der Waals surface area contributed by atoms with Crippen molar-refractivity contribution in [2.45, 2.75) is 18.6 Å². The molecule has 100 valence electrons. The van der Waals surface area contributed by atoms with E-state index in [-0.39, 0.29) is 17.4 Å². The van der Waals surface area contributed by atoms with Gasteiger partial charge in [-0.1, -0.05) is 29.8 Å². The van der Waals surface area contributed by atoms with E-state index in [1.165, 1.54) is 0 Å². The van der Waals surface area contributed by atoms with Crippen LogP contribution in [0.4, 0.5) is 0 Å². The van der Waals surface area contributed by atoms with E-state index >= 15 is 0 Å². The molecule has 1 unspecified atom stereocenters. The minimum absolute atomic E-state index is 0.0448. The Kier molecular flexibility index (Phi) is 4.65. The number of halogens is 1. The SMILES string of the molecule is O=S(=O)(Cc1ccccc1Cl)CC1CCCNC1. The monoisotopic (exact) mass is 287 g/mol. The standard InChI is InChI=1S/C13H18ClNO2S/c14-13-6-2-1-5-12(13)10-18(16,17)9-11-4-3-7-15-8-11/h1-2,5-6,11,15H,3-4,7-10H2. The third kappa shape index (κ3) is 3.97. The van der Waals surface area contributed by atoms with E-state index in [0.29, 0.717) is 10.6 Å². The van der Waals surface area contributed by atoms with Gasteiger partial charge in [0.2, 0.25) is 0 Å². The molecule has 1 aliphatic heterocycles. The van der Waals surface area contributed by atoms with Crippen LogP contribution < -0.4 is 5.32 Å². The number of sulfone groups is 1. The summed E-state index contributed by atoms with van der Waals surface area (Å²) in [4.78, 5) is 0. The maximum absolute atomic E-state index is 12.1. The maximum atomic E-state index is 12.1. The Bertz CT molecular complexity index is 495. The molecule has 1 heterocycles. The van der Waals surface area contributed by atoms with Gasteiger partial charge in [0.25, 0.3) is 0 Å². The van der Waals surface area contributed by atoms with Gasteiger partial charge in [0.1, 0.15) is 0 Å². The predicted octanol–water partition coefficient (Wildman–Crippen LogP) is 2.25. The van der Waals surface area contributed by atoms with E-state index in [0.717, 1.165) is 25.9 Å². The van der Waals surface area contributed by atoms with Crippen LogP contribution in [0.1, 0.15) is 18.4 Å². The Balaban J connectivity index is 2.01. The second kappa shape index (κ2) is 6.04. The largest absolute Gasteiger partial charge is 0.316 e. The molecule has 0 amide bonds. The van der Waals surface area contributed by atoms with Gasteiger partial charge in [0.05, 0.1) is 11.5 Å². The summed E-state index contributed by atoms with van der Waals surface area (Å²) in [5, 5.41) is 3.77. The van der Waals surface area contributed by atoms with Gasteiger partial charge in [0.15, 0.2) is 9.84 Å². The molecule has 0 radical (unpaired) electrons. The first-order chi connectivity index (χ1) is 8.57. The van der Waals surface area contributed by atoms with E-state index in [1.54, 1.807) is 12.1 Å². The van der Waals surface area contributed by atoms with Crippen LogP contribution in [0.3, 0.4) is 0 Å². The number of benzene rings is 1. The summed E-state index contributed by atoms with van der Waals surface area (Å²) in [5.74, 6) is 0.542. The van der Waals surface area contributed by atoms with Crippen molar-refractivity contribution in [1.29, 1.82) is 0 Å². The molecule has 2 rings (SSSR count). The smallest absolute Gasteiger partial charge is 0.154 e. The highest BCUT2D eigenvalue weighted by Gasteiger charge is 2.22. The Morgan fingerprint density at radius 2 is 2.11 bits per heavy atom. The van der Waals surface area contributed by atoms with Crippen molar-refractivity contribution in [3.05, 3.63) is 34.9 Å². The lowest BCUT2D eigenvalue weighted by Gasteiger charge is -2.22. The van der Waals surface area contributed by atoms with E-state index in [1.807, 2.05) is 12.1 Å². The second-order valence-corrected chi connectivity index (χ2v) is 7.37. The Hall–Kier alpha value is -0.580. The zero-order valence-corrected chi connectivity index (χ0v) is 11.8. The van der Waals surface area contributed by atoms with Crippen molar-refractivity contribution < 1.29 is 8.42 Å². The molecule has 1 aromatic carbocycles. The van der Waals surface area contributed by atoms with Gasteiger partial charge in [0, 0.05) is 5.02 Å². The summed E-state index contributed by atoms with van der Waals surface area (Å²) in [6.07, 6.45) is 2.06. The van der Waals surface area contributed by atoms with Gasteiger partial charge in [-0.05, 0) is 43.5 Å². The number of rotatable bonds is 4. The van der Waals surface area contributed by atoms with E-state index in [4.69, 9.17) is 11.6 Å². The van der Waals surface area contributed by atoms with Crippen molar-refractivity contribution in [2.75, 3.05) is 18.8 Å². The molecular formula is C13H18ClNO2S. The number of piperidine rings is 1. The van der Waals surface area contributed by atoms with Crippen molar-refractivity contribution in [2.24, 2.45) is 5.92 Å². The average molecular weight is 288 g/mol.